The summed E-state index contributed by atoms with van der Waals surface area (Å²) in [6, 6.07) is -1.18. The maximum absolute atomic E-state index is 13.0. The normalized spacial score (nSPS) is 22.9. The van der Waals surface area contributed by atoms with Crippen LogP contribution in [0.4, 0.5) is 0 Å². The number of hydrogen-bond acceptors (Lipinski definition) is 10. The maximum atomic E-state index is 13.0. The summed E-state index contributed by atoms with van der Waals surface area (Å²) in [4.78, 5) is 13.0. The predicted molar refractivity (Wildman–Crippen MR) is 215 cm³/mol. The molecule has 1 aliphatic heterocycles. The number of ether oxygens (including phenoxy) is 2. The number of hydrogen-bond donors (Lipinski definition) is 8. The van der Waals surface area contributed by atoms with E-state index in [-0.39, 0.29) is 12.8 Å². The van der Waals surface area contributed by atoms with Crippen molar-refractivity contribution < 1.29 is 50.0 Å². The molecule has 0 aliphatic carbocycles. The minimum atomic E-state index is -1.67. The van der Waals surface area contributed by atoms with Gasteiger partial charge in [0, 0.05) is 0 Å². The van der Waals surface area contributed by atoms with E-state index in [9.17, 15) is 40.5 Å². The average Bonchev–Trinajstić information content (AvgIpc) is 3.17. The summed E-state index contributed by atoms with van der Waals surface area (Å²) in [6.07, 6.45) is 23.7. The van der Waals surface area contributed by atoms with Crippen LogP contribution in [0, 0.1) is 0 Å². The molecule has 0 saturated carbocycles. The maximum Gasteiger partial charge on any atom is 0.249 e. The molecule has 11 nitrogen and oxygen atoms in total. The Morgan fingerprint density at radius 3 is 1.61 bits per heavy atom. The molecule has 0 aromatic rings. The molecule has 1 amide bonds. The lowest BCUT2D eigenvalue weighted by atomic mass is 9.98. The molecular weight excluding hydrogens is 690 g/mol. The van der Waals surface area contributed by atoms with Crippen molar-refractivity contribution >= 4 is 5.91 Å². The number of aliphatic hydroxyl groups is 7. The van der Waals surface area contributed by atoms with Crippen molar-refractivity contribution in [3.8, 4) is 0 Å². The number of nitrogens with one attached hydrogen (secondary N) is 1. The molecule has 1 aliphatic rings. The molecule has 1 rings (SSSR count). The third-order valence-corrected chi connectivity index (χ3v) is 10.5. The fourth-order valence-electron chi connectivity index (χ4n) is 6.79. The van der Waals surface area contributed by atoms with Gasteiger partial charge in [0.15, 0.2) is 6.29 Å². The van der Waals surface area contributed by atoms with Crippen molar-refractivity contribution in [3.63, 3.8) is 0 Å². The van der Waals surface area contributed by atoms with Crippen LogP contribution >= 0.6 is 0 Å². The minimum Gasteiger partial charge on any atom is -0.394 e. The van der Waals surface area contributed by atoms with E-state index in [0.29, 0.717) is 12.8 Å². The largest absolute Gasteiger partial charge is 0.394 e. The minimum absolute atomic E-state index is 0.247. The Balaban J connectivity index is 2.53. The van der Waals surface area contributed by atoms with E-state index in [1.165, 1.54) is 77.0 Å². The van der Waals surface area contributed by atoms with Crippen molar-refractivity contribution in [2.45, 2.75) is 229 Å². The number of amides is 1. The van der Waals surface area contributed by atoms with Gasteiger partial charge in [-0.25, -0.2) is 0 Å². The Labute approximate surface area is 327 Å². The van der Waals surface area contributed by atoms with Gasteiger partial charge >= 0.3 is 0 Å². The Morgan fingerprint density at radius 2 is 1.09 bits per heavy atom. The second-order valence-corrected chi connectivity index (χ2v) is 15.4. The van der Waals surface area contributed by atoms with Gasteiger partial charge in [-0.05, 0) is 64.2 Å². The first-order valence-electron chi connectivity index (χ1n) is 21.7. The first-order valence-corrected chi connectivity index (χ1v) is 21.7. The predicted octanol–water partition coefficient (Wildman–Crippen LogP) is 6.28. The van der Waals surface area contributed by atoms with Gasteiger partial charge in [-0.15, -0.1) is 0 Å². The Hall–Kier alpha value is -1.41. The van der Waals surface area contributed by atoms with E-state index in [4.69, 9.17) is 9.47 Å². The van der Waals surface area contributed by atoms with Crippen LogP contribution in [0.15, 0.2) is 24.3 Å². The SMILES string of the molecule is CCCCCC/C=C\CCCCCCCCC(O)C(=O)NC(COC1OC(CO)C(O)C(O)C1O)C(O)C(O)CCC/C=C/CCCCCCCCCC. The van der Waals surface area contributed by atoms with Gasteiger partial charge in [-0.3, -0.25) is 4.79 Å². The summed E-state index contributed by atoms with van der Waals surface area (Å²) in [5.74, 6) is -0.714. The van der Waals surface area contributed by atoms with Gasteiger partial charge in [-0.2, -0.15) is 0 Å². The van der Waals surface area contributed by atoms with Crippen molar-refractivity contribution in [1.82, 2.24) is 5.32 Å². The van der Waals surface area contributed by atoms with Crippen LogP contribution in [0.1, 0.15) is 174 Å². The third-order valence-electron chi connectivity index (χ3n) is 10.5. The first-order chi connectivity index (χ1) is 26.2. The molecule has 0 aromatic carbocycles. The summed E-state index contributed by atoms with van der Waals surface area (Å²) in [7, 11) is 0. The summed E-state index contributed by atoms with van der Waals surface area (Å²) in [6.45, 7) is 3.38. The van der Waals surface area contributed by atoms with Gasteiger partial charge < -0.3 is 50.5 Å². The standard InChI is InChI=1S/C43H81NO10/c1-3-5-7-9-11-13-15-17-19-21-23-25-27-29-31-36(47)42(52)44-34(33-53-43-41(51)40(50)39(49)37(32-45)54-43)38(48)35(46)30-28-26-24-22-20-18-16-14-12-10-8-6-4-2/h13,15,22,24,34-41,43,45-51H,3-12,14,16-21,23,25-33H2,1-2H3,(H,44,52)/b15-13-,24-22+. The highest BCUT2D eigenvalue weighted by molar-refractivity contribution is 5.80. The quantitative estimate of drug-likeness (QED) is 0.0269. The van der Waals surface area contributed by atoms with E-state index in [2.05, 4.69) is 43.5 Å². The van der Waals surface area contributed by atoms with Crippen molar-refractivity contribution in [1.29, 1.82) is 0 Å². The Bertz CT molecular complexity index is 934. The molecular formula is C43H81NO10. The van der Waals surface area contributed by atoms with Gasteiger partial charge in [-0.1, -0.05) is 134 Å². The third kappa shape index (κ3) is 23.6. The van der Waals surface area contributed by atoms with Gasteiger partial charge in [0.2, 0.25) is 5.91 Å². The Morgan fingerprint density at radius 1 is 0.630 bits per heavy atom. The molecule has 1 heterocycles. The molecule has 9 unspecified atom stereocenters. The molecule has 0 spiro atoms. The van der Waals surface area contributed by atoms with Crippen LogP contribution in [-0.4, -0.2) is 110 Å². The van der Waals surface area contributed by atoms with E-state index >= 15 is 0 Å². The molecule has 0 aromatic heterocycles. The van der Waals surface area contributed by atoms with Gasteiger partial charge in [0.25, 0.3) is 0 Å². The molecule has 9 atom stereocenters. The van der Waals surface area contributed by atoms with Crippen LogP contribution in [-0.2, 0) is 14.3 Å². The fraction of sp³-hybridized carbons (Fsp3) is 0.884. The zero-order chi connectivity index (χ0) is 39.8. The van der Waals surface area contributed by atoms with Crippen molar-refractivity contribution in [2.75, 3.05) is 13.2 Å². The number of carbonyl (C=O) groups excluding carboxylic acids is 1. The number of aliphatic hydroxyl groups excluding tert-OH is 7. The second kappa shape index (κ2) is 33.7. The lowest BCUT2D eigenvalue weighted by Crippen LogP contribution is -2.60. The molecule has 8 N–H and O–H groups in total. The highest BCUT2D eigenvalue weighted by Crippen LogP contribution is 2.23. The fourth-order valence-corrected chi connectivity index (χ4v) is 6.79. The zero-order valence-corrected chi connectivity index (χ0v) is 34.0. The van der Waals surface area contributed by atoms with E-state index in [1.807, 2.05) is 0 Å². The highest BCUT2D eigenvalue weighted by Gasteiger charge is 2.44. The summed E-state index contributed by atoms with van der Waals surface area (Å²) < 4.78 is 11.0. The highest BCUT2D eigenvalue weighted by atomic mass is 16.7. The van der Waals surface area contributed by atoms with E-state index < -0.39 is 74.2 Å². The number of carbonyl (C=O) groups is 1. The lowest BCUT2D eigenvalue weighted by Gasteiger charge is -2.40. The van der Waals surface area contributed by atoms with Crippen LogP contribution in [0.3, 0.4) is 0 Å². The summed E-state index contributed by atoms with van der Waals surface area (Å²) in [5.41, 5.74) is 0. The summed E-state index contributed by atoms with van der Waals surface area (Å²) >= 11 is 0. The molecule has 1 saturated heterocycles. The number of allylic oxidation sites excluding steroid dienone is 4. The van der Waals surface area contributed by atoms with Crippen LogP contribution < -0.4 is 5.32 Å². The van der Waals surface area contributed by atoms with E-state index in [0.717, 1.165) is 57.8 Å². The van der Waals surface area contributed by atoms with Crippen LogP contribution in [0.2, 0.25) is 0 Å². The topological polar surface area (TPSA) is 189 Å². The van der Waals surface area contributed by atoms with Crippen LogP contribution in [0.5, 0.6) is 0 Å². The van der Waals surface area contributed by atoms with Crippen molar-refractivity contribution in [2.24, 2.45) is 0 Å². The number of unbranched alkanes of at least 4 members (excludes halogenated alkanes) is 19. The molecule has 318 valence electrons. The molecule has 11 heteroatoms. The Kier molecular flexibility index (Phi) is 31.6. The van der Waals surface area contributed by atoms with Crippen molar-refractivity contribution in [3.05, 3.63) is 24.3 Å². The molecule has 54 heavy (non-hydrogen) atoms. The molecule has 0 radical (unpaired) electrons. The monoisotopic (exact) mass is 772 g/mol. The zero-order valence-electron chi connectivity index (χ0n) is 34.0. The average molecular weight is 772 g/mol. The van der Waals surface area contributed by atoms with Gasteiger partial charge in [0.1, 0.15) is 36.6 Å². The molecule has 0 bridgehead atoms. The van der Waals surface area contributed by atoms with Crippen LogP contribution in [0.25, 0.3) is 0 Å². The number of rotatable bonds is 35. The first kappa shape index (κ1) is 50.6. The smallest absolute Gasteiger partial charge is 0.249 e. The second-order valence-electron chi connectivity index (χ2n) is 15.4. The molecule has 1 fully saturated rings. The van der Waals surface area contributed by atoms with E-state index in [1.54, 1.807) is 0 Å². The summed E-state index contributed by atoms with van der Waals surface area (Å²) in [5, 5.41) is 75.4. The lowest BCUT2D eigenvalue weighted by molar-refractivity contribution is -0.303. The van der Waals surface area contributed by atoms with Gasteiger partial charge in [0.05, 0.1) is 25.4 Å².